The van der Waals surface area contributed by atoms with Crippen molar-refractivity contribution in [3.8, 4) is 0 Å². The SMILES string of the molecule is OC1(c2cc(Cl)ccc2F)CCCCC1. The average Bonchev–Trinajstić information content (AvgIpc) is 2.23. The molecule has 0 aliphatic heterocycles. The Labute approximate surface area is 93.9 Å². The van der Waals surface area contributed by atoms with Gasteiger partial charge in [-0.3, -0.25) is 0 Å². The van der Waals surface area contributed by atoms with Crippen LogP contribution in [0.25, 0.3) is 0 Å². The highest BCUT2D eigenvalue weighted by Gasteiger charge is 2.33. The topological polar surface area (TPSA) is 20.2 Å². The van der Waals surface area contributed by atoms with Crippen molar-refractivity contribution in [2.45, 2.75) is 37.7 Å². The van der Waals surface area contributed by atoms with Crippen LogP contribution in [0.2, 0.25) is 5.02 Å². The molecule has 1 N–H and O–H groups in total. The van der Waals surface area contributed by atoms with E-state index in [1.165, 1.54) is 12.1 Å². The number of halogens is 2. The van der Waals surface area contributed by atoms with Gasteiger partial charge >= 0.3 is 0 Å². The number of benzene rings is 1. The van der Waals surface area contributed by atoms with E-state index in [4.69, 9.17) is 11.6 Å². The third-order valence-corrected chi connectivity index (χ3v) is 3.35. The van der Waals surface area contributed by atoms with Crippen LogP contribution < -0.4 is 0 Å². The zero-order valence-corrected chi connectivity index (χ0v) is 9.23. The van der Waals surface area contributed by atoms with Gasteiger partial charge in [-0.1, -0.05) is 30.9 Å². The summed E-state index contributed by atoms with van der Waals surface area (Å²) in [6.45, 7) is 0. The molecule has 0 bridgehead atoms. The Morgan fingerprint density at radius 1 is 1.20 bits per heavy atom. The quantitative estimate of drug-likeness (QED) is 0.778. The fourth-order valence-corrected chi connectivity index (χ4v) is 2.43. The molecule has 1 aromatic rings. The summed E-state index contributed by atoms with van der Waals surface area (Å²) in [5, 5.41) is 10.8. The van der Waals surface area contributed by atoms with Crippen molar-refractivity contribution < 1.29 is 9.50 Å². The fourth-order valence-electron chi connectivity index (χ4n) is 2.26. The highest BCUT2D eigenvalue weighted by molar-refractivity contribution is 6.30. The highest BCUT2D eigenvalue weighted by Crippen LogP contribution is 2.38. The number of hydrogen-bond donors (Lipinski definition) is 1. The van der Waals surface area contributed by atoms with Gasteiger partial charge in [-0.15, -0.1) is 0 Å². The van der Waals surface area contributed by atoms with E-state index in [0.29, 0.717) is 23.4 Å². The van der Waals surface area contributed by atoms with E-state index in [2.05, 4.69) is 0 Å². The summed E-state index contributed by atoms with van der Waals surface area (Å²) in [4.78, 5) is 0. The molecule has 1 fully saturated rings. The van der Waals surface area contributed by atoms with Crippen molar-refractivity contribution in [3.05, 3.63) is 34.6 Å². The second kappa shape index (κ2) is 4.11. The molecule has 1 aliphatic carbocycles. The van der Waals surface area contributed by atoms with Crippen LogP contribution in [0.3, 0.4) is 0 Å². The van der Waals surface area contributed by atoms with Crippen LogP contribution in [-0.2, 0) is 5.60 Å². The molecule has 2 rings (SSSR count). The molecule has 0 amide bonds. The predicted octanol–water partition coefficient (Wildman–Crippen LogP) is 3.63. The van der Waals surface area contributed by atoms with E-state index in [0.717, 1.165) is 19.3 Å². The summed E-state index contributed by atoms with van der Waals surface area (Å²) < 4.78 is 13.6. The molecule has 82 valence electrons. The number of aliphatic hydroxyl groups is 1. The van der Waals surface area contributed by atoms with E-state index in [1.807, 2.05) is 0 Å². The Kier molecular flexibility index (Phi) is 2.98. The molecule has 0 unspecified atom stereocenters. The van der Waals surface area contributed by atoms with Crippen molar-refractivity contribution >= 4 is 11.6 Å². The monoisotopic (exact) mass is 228 g/mol. The summed E-state index contributed by atoms with van der Waals surface area (Å²) in [5.41, 5.74) is -0.651. The Morgan fingerprint density at radius 2 is 1.87 bits per heavy atom. The van der Waals surface area contributed by atoms with Gasteiger partial charge in [0.2, 0.25) is 0 Å². The second-order valence-electron chi connectivity index (χ2n) is 4.22. The van der Waals surface area contributed by atoms with Gasteiger partial charge in [0.15, 0.2) is 0 Å². The molecule has 0 heterocycles. The molecule has 0 radical (unpaired) electrons. The molecular formula is C12H14ClFO. The molecule has 1 nitrogen and oxygen atoms in total. The third-order valence-electron chi connectivity index (χ3n) is 3.11. The minimum absolute atomic E-state index is 0.356. The normalized spacial score (nSPS) is 20.2. The van der Waals surface area contributed by atoms with Crippen LogP contribution in [0.1, 0.15) is 37.7 Å². The van der Waals surface area contributed by atoms with Crippen LogP contribution >= 0.6 is 11.6 Å². The Bertz CT molecular complexity index is 359. The lowest BCUT2D eigenvalue weighted by atomic mass is 9.79. The van der Waals surface area contributed by atoms with E-state index in [-0.39, 0.29) is 5.82 Å². The fraction of sp³-hybridized carbons (Fsp3) is 0.500. The Morgan fingerprint density at radius 3 is 2.53 bits per heavy atom. The van der Waals surface area contributed by atoms with Crippen molar-refractivity contribution in [1.29, 1.82) is 0 Å². The van der Waals surface area contributed by atoms with Gasteiger partial charge in [0.05, 0.1) is 5.60 Å². The average molecular weight is 229 g/mol. The Hall–Kier alpha value is -0.600. The van der Waals surface area contributed by atoms with Gasteiger partial charge in [-0.25, -0.2) is 4.39 Å². The van der Waals surface area contributed by atoms with Crippen molar-refractivity contribution in [3.63, 3.8) is 0 Å². The lowest BCUT2D eigenvalue weighted by Crippen LogP contribution is -2.29. The Balaban J connectivity index is 2.38. The van der Waals surface area contributed by atoms with Crippen molar-refractivity contribution in [2.75, 3.05) is 0 Å². The number of hydrogen-bond acceptors (Lipinski definition) is 1. The van der Waals surface area contributed by atoms with Gasteiger partial charge < -0.3 is 5.11 Å². The van der Waals surface area contributed by atoms with Gasteiger partial charge in [-0.2, -0.15) is 0 Å². The first-order valence-corrected chi connectivity index (χ1v) is 5.67. The van der Waals surface area contributed by atoms with Crippen LogP contribution in [0.5, 0.6) is 0 Å². The predicted molar refractivity (Wildman–Crippen MR) is 58.4 cm³/mol. The van der Waals surface area contributed by atoms with E-state index < -0.39 is 5.60 Å². The molecule has 1 aromatic carbocycles. The highest BCUT2D eigenvalue weighted by atomic mass is 35.5. The summed E-state index contributed by atoms with van der Waals surface area (Å²) >= 11 is 5.82. The van der Waals surface area contributed by atoms with Crippen molar-refractivity contribution in [1.82, 2.24) is 0 Å². The molecule has 1 saturated carbocycles. The molecule has 0 aromatic heterocycles. The lowest BCUT2D eigenvalue weighted by molar-refractivity contribution is -0.00372. The van der Waals surface area contributed by atoms with E-state index in [9.17, 15) is 9.50 Å². The minimum Gasteiger partial charge on any atom is -0.385 e. The van der Waals surface area contributed by atoms with Gasteiger partial charge in [0.25, 0.3) is 0 Å². The first kappa shape index (κ1) is 10.9. The zero-order chi connectivity index (χ0) is 10.9. The first-order chi connectivity index (χ1) is 7.12. The van der Waals surface area contributed by atoms with Gasteiger partial charge in [-0.05, 0) is 31.0 Å². The van der Waals surface area contributed by atoms with Crippen LogP contribution in [0, 0.1) is 5.82 Å². The van der Waals surface area contributed by atoms with Crippen LogP contribution in [0.15, 0.2) is 18.2 Å². The molecule has 0 atom stereocenters. The standard InChI is InChI=1S/C12H14ClFO/c13-9-4-5-11(14)10(8-9)12(15)6-2-1-3-7-12/h4-5,8,15H,1-3,6-7H2. The minimum atomic E-state index is -1.01. The zero-order valence-electron chi connectivity index (χ0n) is 8.47. The van der Waals surface area contributed by atoms with Crippen molar-refractivity contribution in [2.24, 2.45) is 0 Å². The lowest BCUT2D eigenvalue weighted by Gasteiger charge is -2.32. The van der Waals surface area contributed by atoms with Gasteiger partial charge in [0, 0.05) is 10.6 Å². The summed E-state index contributed by atoms with van der Waals surface area (Å²) in [6, 6.07) is 4.37. The molecule has 15 heavy (non-hydrogen) atoms. The summed E-state index contributed by atoms with van der Waals surface area (Å²) in [6.07, 6.45) is 4.27. The molecule has 3 heteroatoms. The van der Waals surface area contributed by atoms with E-state index >= 15 is 0 Å². The second-order valence-corrected chi connectivity index (χ2v) is 4.65. The molecule has 1 aliphatic rings. The largest absolute Gasteiger partial charge is 0.385 e. The van der Waals surface area contributed by atoms with E-state index in [1.54, 1.807) is 6.07 Å². The third kappa shape index (κ3) is 2.16. The molecule has 0 saturated heterocycles. The molecule has 0 spiro atoms. The first-order valence-electron chi connectivity index (χ1n) is 5.30. The summed E-state index contributed by atoms with van der Waals surface area (Å²) in [5.74, 6) is -0.358. The van der Waals surface area contributed by atoms with Crippen LogP contribution in [-0.4, -0.2) is 5.11 Å². The molecular weight excluding hydrogens is 215 g/mol. The smallest absolute Gasteiger partial charge is 0.129 e. The maximum Gasteiger partial charge on any atom is 0.129 e. The summed E-state index contributed by atoms with van der Waals surface area (Å²) in [7, 11) is 0. The van der Waals surface area contributed by atoms with Crippen LogP contribution in [0.4, 0.5) is 4.39 Å². The maximum absolute atomic E-state index is 13.6. The van der Waals surface area contributed by atoms with Gasteiger partial charge in [0.1, 0.15) is 5.82 Å². The maximum atomic E-state index is 13.6. The number of rotatable bonds is 1.